The van der Waals surface area contributed by atoms with Gasteiger partial charge in [-0.3, -0.25) is 14.5 Å². The third-order valence-electron chi connectivity index (χ3n) is 3.94. The topological polar surface area (TPSA) is 69.6 Å². The third kappa shape index (κ3) is 3.74. The van der Waals surface area contributed by atoms with Crippen molar-refractivity contribution in [1.29, 1.82) is 0 Å². The molecule has 0 aliphatic carbocycles. The summed E-state index contributed by atoms with van der Waals surface area (Å²) in [4.78, 5) is 25.3. The number of hydrogen-bond donors (Lipinski definition) is 2. The number of carboxylic acid groups (broad SMARTS) is 1. The van der Waals surface area contributed by atoms with Gasteiger partial charge in [0.25, 0.3) is 0 Å². The minimum atomic E-state index is -0.968. The van der Waals surface area contributed by atoms with Gasteiger partial charge in [-0.25, -0.2) is 0 Å². The van der Waals surface area contributed by atoms with Gasteiger partial charge in [0.2, 0.25) is 5.91 Å². The molecule has 1 amide bonds. The first kappa shape index (κ1) is 15.8. The molecular formula is C15H19ClN2O3. The molecule has 1 aliphatic heterocycles. The molecule has 21 heavy (non-hydrogen) atoms. The highest BCUT2D eigenvalue weighted by Gasteiger charge is 2.41. The van der Waals surface area contributed by atoms with Crippen molar-refractivity contribution < 1.29 is 14.7 Å². The second-order valence-electron chi connectivity index (χ2n) is 5.52. The second-order valence-corrected chi connectivity index (χ2v) is 5.95. The number of halogens is 1. The average Bonchev–Trinajstić information content (AvgIpc) is 2.41. The van der Waals surface area contributed by atoms with Crippen molar-refractivity contribution in [2.24, 2.45) is 0 Å². The highest BCUT2D eigenvalue weighted by molar-refractivity contribution is 6.30. The van der Waals surface area contributed by atoms with E-state index in [0.717, 1.165) is 12.8 Å². The number of rotatable bonds is 4. The zero-order valence-corrected chi connectivity index (χ0v) is 12.7. The average molecular weight is 311 g/mol. The zero-order chi connectivity index (χ0) is 15.5. The largest absolute Gasteiger partial charge is 0.480 e. The molecule has 0 bridgehead atoms. The van der Waals surface area contributed by atoms with E-state index in [1.165, 1.54) is 0 Å². The molecule has 1 saturated heterocycles. The highest BCUT2D eigenvalue weighted by Crippen LogP contribution is 2.28. The lowest BCUT2D eigenvalue weighted by atomic mass is 9.88. The summed E-state index contributed by atoms with van der Waals surface area (Å²) in [7, 11) is 0. The Morgan fingerprint density at radius 3 is 2.86 bits per heavy atom. The van der Waals surface area contributed by atoms with Crippen molar-refractivity contribution in [3.8, 4) is 0 Å². The molecule has 114 valence electrons. The third-order valence-corrected chi connectivity index (χ3v) is 4.18. The Labute approximate surface area is 128 Å². The van der Waals surface area contributed by atoms with Gasteiger partial charge in [0.15, 0.2) is 0 Å². The van der Waals surface area contributed by atoms with Gasteiger partial charge in [0, 0.05) is 10.7 Å². The van der Waals surface area contributed by atoms with Gasteiger partial charge in [0.05, 0.1) is 6.54 Å². The van der Waals surface area contributed by atoms with Crippen LogP contribution in [0.4, 0.5) is 5.69 Å². The van der Waals surface area contributed by atoms with E-state index in [0.29, 0.717) is 23.7 Å². The Kier molecular flexibility index (Phi) is 4.85. The molecule has 0 aromatic heterocycles. The summed E-state index contributed by atoms with van der Waals surface area (Å²) in [6, 6.07) is 6.88. The van der Waals surface area contributed by atoms with Gasteiger partial charge in [-0.1, -0.05) is 17.7 Å². The maximum Gasteiger partial charge on any atom is 0.323 e. The van der Waals surface area contributed by atoms with Crippen LogP contribution in [0.15, 0.2) is 24.3 Å². The second kappa shape index (κ2) is 6.45. The number of anilines is 1. The van der Waals surface area contributed by atoms with Crippen LogP contribution in [0.25, 0.3) is 0 Å². The summed E-state index contributed by atoms with van der Waals surface area (Å²) in [5.41, 5.74) is -0.356. The van der Waals surface area contributed by atoms with Crippen LogP contribution in [0, 0.1) is 0 Å². The number of hydrogen-bond acceptors (Lipinski definition) is 3. The number of nitrogens with zero attached hydrogens (tertiary/aromatic N) is 1. The Balaban J connectivity index is 2.02. The molecule has 0 saturated carbocycles. The fraction of sp³-hybridized carbons (Fsp3) is 0.467. The lowest BCUT2D eigenvalue weighted by Gasteiger charge is -2.41. The SMILES string of the molecule is CC1(C(=O)O)CCCCN1CC(=O)Nc1cccc(Cl)c1. The quantitative estimate of drug-likeness (QED) is 0.897. The molecular weight excluding hydrogens is 292 g/mol. The van der Waals surface area contributed by atoms with Crippen molar-refractivity contribution in [2.75, 3.05) is 18.4 Å². The number of piperidine rings is 1. The fourth-order valence-corrected chi connectivity index (χ4v) is 2.80. The first-order chi connectivity index (χ1) is 9.91. The first-order valence-corrected chi connectivity index (χ1v) is 7.33. The Morgan fingerprint density at radius 2 is 2.19 bits per heavy atom. The summed E-state index contributed by atoms with van der Waals surface area (Å²) < 4.78 is 0. The van der Waals surface area contributed by atoms with Crippen molar-refractivity contribution in [2.45, 2.75) is 31.7 Å². The van der Waals surface area contributed by atoms with Crippen LogP contribution in [-0.4, -0.2) is 40.5 Å². The minimum Gasteiger partial charge on any atom is -0.480 e. The summed E-state index contributed by atoms with van der Waals surface area (Å²) in [5, 5.41) is 12.7. The maximum absolute atomic E-state index is 12.1. The van der Waals surface area contributed by atoms with E-state index < -0.39 is 11.5 Å². The Hall–Kier alpha value is -1.59. The van der Waals surface area contributed by atoms with Gasteiger partial charge in [-0.2, -0.15) is 0 Å². The number of likely N-dealkylation sites (tertiary alicyclic amines) is 1. The van der Waals surface area contributed by atoms with E-state index >= 15 is 0 Å². The van der Waals surface area contributed by atoms with Crippen LogP contribution in [0.5, 0.6) is 0 Å². The van der Waals surface area contributed by atoms with Crippen molar-refractivity contribution in [3.05, 3.63) is 29.3 Å². The smallest absolute Gasteiger partial charge is 0.323 e. The van der Waals surface area contributed by atoms with Gasteiger partial charge < -0.3 is 10.4 Å². The van der Waals surface area contributed by atoms with Crippen molar-refractivity contribution in [3.63, 3.8) is 0 Å². The molecule has 5 nitrogen and oxygen atoms in total. The molecule has 1 fully saturated rings. The lowest BCUT2D eigenvalue weighted by Crippen LogP contribution is -2.57. The van der Waals surface area contributed by atoms with Crippen LogP contribution < -0.4 is 5.32 Å². The molecule has 0 radical (unpaired) electrons. The van der Waals surface area contributed by atoms with E-state index in [-0.39, 0.29) is 12.5 Å². The lowest BCUT2D eigenvalue weighted by molar-refractivity contribution is -0.153. The normalized spacial score (nSPS) is 22.8. The highest BCUT2D eigenvalue weighted by atomic mass is 35.5. The Bertz CT molecular complexity index is 549. The molecule has 1 aromatic carbocycles. The van der Waals surface area contributed by atoms with Gasteiger partial charge in [0.1, 0.15) is 5.54 Å². The molecule has 6 heteroatoms. The molecule has 1 aliphatic rings. The zero-order valence-electron chi connectivity index (χ0n) is 11.9. The van der Waals surface area contributed by atoms with Gasteiger partial charge >= 0.3 is 5.97 Å². The van der Waals surface area contributed by atoms with E-state index in [1.807, 2.05) is 0 Å². The molecule has 1 unspecified atom stereocenters. The molecule has 0 spiro atoms. The van der Waals surface area contributed by atoms with E-state index in [4.69, 9.17) is 11.6 Å². The van der Waals surface area contributed by atoms with E-state index in [9.17, 15) is 14.7 Å². The van der Waals surface area contributed by atoms with E-state index in [1.54, 1.807) is 36.1 Å². The van der Waals surface area contributed by atoms with Crippen molar-refractivity contribution >= 4 is 29.2 Å². The summed E-state index contributed by atoms with van der Waals surface area (Å²) in [6.07, 6.45) is 2.34. The van der Waals surface area contributed by atoms with E-state index in [2.05, 4.69) is 5.32 Å². The number of benzene rings is 1. The summed E-state index contributed by atoms with van der Waals surface area (Å²) >= 11 is 5.87. The fourth-order valence-electron chi connectivity index (χ4n) is 2.61. The van der Waals surface area contributed by atoms with Crippen LogP contribution in [0.1, 0.15) is 26.2 Å². The number of amides is 1. The van der Waals surface area contributed by atoms with Crippen LogP contribution in [0.3, 0.4) is 0 Å². The van der Waals surface area contributed by atoms with Crippen LogP contribution >= 0.6 is 11.6 Å². The van der Waals surface area contributed by atoms with Crippen molar-refractivity contribution in [1.82, 2.24) is 4.90 Å². The standard InChI is InChI=1S/C15H19ClN2O3/c1-15(14(20)21)7-2-3-8-18(15)10-13(19)17-12-6-4-5-11(16)9-12/h4-6,9H,2-3,7-8,10H2,1H3,(H,17,19)(H,20,21). The van der Waals surface area contributed by atoms with Crippen LogP contribution in [-0.2, 0) is 9.59 Å². The number of carbonyl (C=O) groups is 2. The maximum atomic E-state index is 12.1. The van der Waals surface area contributed by atoms with Gasteiger partial charge in [-0.05, 0) is 50.9 Å². The Morgan fingerprint density at radius 1 is 1.43 bits per heavy atom. The molecule has 1 heterocycles. The molecule has 1 aromatic rings. The minimum absolute atomic E-state index is 0.0648. The predicted molar refractivity (Wildman–Crippen MR) is 81.5 cm³/mol. The van der Waals surface area contributed by atoms with Gasteiger partial charge in [-0.15, -0.1) is 0 Å². The number of nitrogens with one attached hydrogen (secondary N) is 1. The van der Waals surface area contributed by atoms with Crippen LogP contribution in [0.2, 0.25) is 5.02 Å². The molecule has 1 atom stereocenters. The summed E-state index contributed by atoms with van der Waals surface area (Å²) in [5.74, 6) is -1.11. The molecule has 2 N–H and O–H groups in total. The number of carboxylic acids is 1. The summed E-state index contributed by atoms with van der Waals surface area (Å²) in [6.45, 7) is 2.36. The first-order valence-electron chi connectivity index (χ1n) is 6.96. The number of aliphatic carboxylic acids is 1. The molecule has 2 rings (SSSR count). The monoisotopic (exact) mass is 310 g/mol. The number of carbonyl (C=O) groups excluding carboxylic acids is 1. The predicted octanol–water partition coefficient (Wildman–Crippen LogP) is 2.61.